The van der Waals surface area contributed by atoms with Gasteiger partial charge >= 0.3 is 0 Å². The van der Waals surface area contributed by atoms with Crippen LogP contribution < -0.4 is 5.32 Å². The van der Waals surface area contributed by atoms with Crippen molar-refractivity contribution in [1.82, 2.24) is 10.3 Å². The van der Waals surface area contributed by atoms with Crippen molar-refractivity contribution in [2.24, 2.45) is 5.92 Å². The molecule has 0 spiro atoms. The lowest BCUT2D eigenvalue weighted by Crippen LogP contribution is -2.29. The van der Waals surface area contributed by atoms with Crippen LogP contribution in [0, 0.1) is 5.92 Å². The summed E-state index contributed by atoms with van der Waals surface area (Å²) in [5.41, 5.74) is 0.624. The van der Waals surface area contributed by atoms with E-state index < -0.39 is 0 Å². The summed E-state index contributed by atoms with van der Waals surface area (Å²) in [6.45, 7) is 2.90. The maximum Gasteiger partial charge on any atom is 0.251 e. The molecule has 17 heavy (non-hydrogen) atoms. The molecule has 1 aromatic rings. The predicted molar refractivity (Wildman–Crippen MR) is 66.7 cm³/mol. The summed E-state index contributed by atoms with van der Waals surface area (Å²) in [7, 11) is 0. The fourth-order valence-corrected chi connectivity index (χ4v) is 1.78. The molecule has 0 radical (unpaired) electrons. The summed E-state index contributed by atoms with van der Waals surface area (Å²) in [6, 6.07) is 3.38. The standard InChI is InChI=1S/C13H20N2O2/c1-2-3-11(6-9-16)10-15-13(17)12-4-7-14-8-5-12/h4-5,7-8,11,16H,2-3,6,9-10H2,1H3,(H,15,17). The minimum atomic E-state index is -0.0774. The average molecular weight is 236 g/mol. The molecule has 4 heteroatoms. The van der Waals surface area contributed by atoms with Crippen LogP contribution in [0.3, 0.4) is 0 Å². The average Bonchev–Trinajstić information content (AvgIpc) is 2.37. The normalized spacial score (nSPS) is 12.1. The number of aliphatic hydroxyl groups is 1. The summed E-state index contributed by atoms with van der Waals surface area (Å²) >= 11 is 0. The van der Waals surface area contributed by atoms with Crippen LogP contribution >= 0.6 is 0 Å². The molecule has 0 bridgehead atoms. The minimum Gasteiger partial charge on any atom is -0.396 e. The molecule has 94 valence electrons. The third-order valence-corrected chi connectivity index (χ3v) is 2.73. The van der Waals surface area contributed by atoms with Crippen LogP contribution in [0.5, 0.6) is 0 Å². The second-order valence-corrected chi connectivity index (χ2v) is 4.11. The number of nitrogens with one attached hydrogen (secondary N) is 1. The van der Waals surface area contributed by atoms with Crippen LogP contribution in [-0.4, -0.2) is 29.1 Å². The Morgan fingerprint density at radius 3 is 2.71 bits per heavy atom. The maximum atomic E-state index is 11.8. The fraction of sp³-hybridized carbons (Fsp3) is 0.538. The molecular formula is C13H20N2O2. The van der Waals surface area contributed by atoms with Crippen molar-refractivity contribution >= 4 is 5.91 Å². The van der Waals surface area contributed by atoms with Gasteiger partial charge in [0.05, 0.1) is 0 Å². The van der Waals surface area contributed by atoms with E-state index in [2.05, 4.69) is 17.2 Å². The largest absolute Gasteiger partial charge is 0.396 e. The van der Waals surface area contributed by atoms with E-state index in [9.17, 15) is 4.79 Å². The van der Waals surface area contributed by atoms with Crippen molar-refractivity contribution in [1.29, 1.82) is 0 Å². The van der Waals surface area contributed by atoms with E-state index in [4.69, 9.17) is 5.11 Å². The zero-order valence-corrected chi connectivity index (χ0v) is 10.2. The van der Waals surface area contributed by atoms with E-state index in [0.717, 1.165) is 19.3 Å². The summed E-state index contributed by atoms with van der Waals surface area (Å²) in [6.07, 6.45) is 6.04. The monoisotopic (exact) mass is 236 g/mol. The Morgan fingerprint density at radius 1 is 1.41 bits per heavy atom. The number of aliphatic hydroxyl groups excluding tert-OH is 1. The van der Waals surface area contributed by atoms with Crippen molar-refractivity contribution < 1.29 is 9.90 Å². The number of carbonyl (C=O) groups excluding carboxylic acids is 1. The molecule has 0 aliphatic heterocycles. The lowest BCUT2D eigenvalue weighted by Gasteiger charge is -2.15. The second kappa shape index (κ2) is 7.79. The Labute approximate surface area is 102 Å². The van der Waals surface area contributed by atoms with Crippen molar-refractivity contribution in [3.8, 4) is 0 Å². The number of pyridine rings is 1. The highest BCUT2D eigenvalue weighted by molar-refractivity contribution is 5.93. The molecule has 0 aliphatic rings. The molecule has 1 heterocycles. The van der Waals surface area contributed by atoms with E-state index in [0.29, 0.717) is 18.0 Å². The van der Waals surface area contributed by atoms with Crippen LogP contribution in [0.25, 0.3) is 0 Å². The zero-order valence-electron chi connectivity index (χ0n) is 10.2. The SMILES string of the molecule is CCCC(CCO)CNC(=O)c1ccncc1. The minimum absolute atomic E-state index is 0.0774. The number of rotatable bonds is 7. The van der Waals surface area contributed by atoms with Gasteiger partial charge in [0, 0.05) is 31.1 Å². The molecule has 4 nitrogen and oxygen atoms in total. The smallest absolute Gasteiger partial charge is 0.251 e. The molecule has 1 rings (SSSR count). The van der Waals surface area contributed by atoms with Gasteiger partial charge in [-0.1, -0.05) is 13.3 Å². The Hall–Kier alpha value is -1.42. The maximum absolute atomic E-state index is 11.8. The first kappa shape index (κ1) is 13.6. The van der Waals surface area contributed by atoms with E-state index in [-0.39, 0.29) is 12.5 Å². The summed E-state index contributed by atoms with van der Waals surface area (Å²) < 4.78 is 0. The van der Waals surface area contributed by atoms with Crippen LogP contribution in [0.2, 0.25) is 0 Å². The topological polar surface area (TPSA) is 62.2 Å². The quantitative estimate of drug-likeness (QED) is 0.756. The highest BCUT2D eigenvalue weighted by Crippen LogP contribution is 2.09. The van der Waals surface area contributed by atoms with Gasteiger partial charge in [-0.3, -0.25) is 9.78 Å². The number of hydrogen-bond donors (Lipinski definition) is 2. The molecule has 0 saturated heterocycles. The Bertz CT molecular complexity index is 321. The first-order valence-corrected chi connectivity index (χ1v) is 6.07. The molecule has 2 N–H and O–H groups in total. The highest BCUT2D eigenvalue weighted by Gasteiger charge is 2.10. The molecule has 1 amide bonds. The van der Waals surface area contributed by atoms with E-state index in [1.54, 1.807) is 24.5 Å². The Balaban J connectivity index is 2.41. The molecule has 1 unspecified atom stereocenters. The van der Waals surface area contributed by atoms with Crippen molar-refractivity contribution in [3.05, 3.63) is 30.1 Å². The molecule has 1 atom stereocenters. The third-order valence-electron chi connectivity index (χ3n) is 2.73. The number of nitrogens with zero attached hydrogens (tertiary/aromatic N) is 1. The molecule has 0 saturated carbocycles. The van der Waals surface area contributed by atoms with E-state index in [1.165, 1.54) is 0 Å². The van der Waals surface area contributed by atoms with Gasteiger partial charge in [0.25, 0.3) is 5.91 Å². The third kappa shape index (κ3) is 4.95. The zero-order chi connectivity index (χ0) is 12.5. The van der Waals surface area contributed by atoms with Crippen LogP contribution in [0.4, 0.5) is 0 Å². The van der Waals surface area contributed by atoms with Crippen LogP contribution in [0.1, 0.15) is 36.5 Å². The fourth-order valence-electron chi connectivity index (χ4n) is 1.78. The van der Waals surface area contributed by atoms with Gasteiger partial charge in [0.15, 0.2) is 0 Å². The van der Waals surface area contributed by atoms with Gasteiger partial charge in [0.2, 0.25) is 0 Å². The summed E-state index contributed by atoms with van der Waals surface area (Å²) in [5, 5.41) is 11.8. The number of amides is 1. The van der Waals surface area contributed by atoms with Gasteiger partial charge in [-0.2, -0.15) is 0 Å². The Kier molecular flexibility index (Phi) is 6.25. The van der Waals surface area contributed by atoms with Gasteiger partial charge in [-0.15, -0.1) is 0 Å². The van der Waals surface area contributed by atoms with Gasteiger partial charge in [-0.05, 0) is 30.9 Å². The Morgan fingerprint density at radius 2 is 2.12 bits per heavy atom. The van der Waals surface area contributed by atoms with E-state index >= 15 is 0 Å². The van der Waals surface area contributed by atoms with Gasteiger partial charge in [0.1, 0.15) is 0 Å². The van der Waals surface area contributed by atoms with E-state index in [1.807, 2.05) is 0 Å². The van der Waals surface area contributed by atoms with Crippen LogP contribution in [-0.2, 0) is 0 Å². The predicted octanol–water partition coefficient (Wildman–Crippen LogP) is 1.61. The molecule has 1 aromatic heterocycles. The van der Waals surface area contributed by atoms with Gasteiger partial charge in [-0.25, -0.2) is 0 Å². The molecule has 0 fully saturated rings. The second-order valence-electron chi connectivity index (χ2n) is 4.11. The van der Waals surface area contributed by atoms with Crippen molar-refractivity contribution in [2.45, 2.75) is 26.2 Å². The lowest BCUT2D eigenvalue weighted by atomic mass is 10.00. The molecule has 0 aliphatic carbocycles. The van der Waals surface area contributed by atoms with Gasteiger partial charge < -0.3 is 10.4 Å². The first-order valence-electron chi connectivity index (χ1n) is 6.07. The number of hydrogen-bond acceptors (Lipinski definition) is 3. The molecular weight excluding hydrogens is 216 g/mol. The first-order chi connectivity index (χ1) is 8.27. The highest BCUT2D eigenvalue weighted by atomic mass is 16.3. The lowest BCUT2D eigenvalue weighted by molar-refractivity contribution is 0.0943. The summed E-state index contributed by atoms with van der Waals surface area (Å²) in [4.78, 5) is 15.6. The molecule has 0 aromatic carbocycles. The number of aromatic nitrogens is 1. The number of carbonyl (C=O) groups is 1. The summed E-state index contributed by atoms with van der Waals surface area (Å²) in [5.74, 6) is 0.280. The van der Waals surface area contributed by atoms with Crippen molar-refractivity contribution in [3.63, 3.8) is 0 Å². The van der Waals surface area contributed by atoms with Crippen LogP contribution in [0.15, 0.2) is 24.5 Å². The van der Waals surface area contributed by atoms with Crippen molar-refractivity contribution in [2.75, 3.05) is 13.2 Å².